The summed E-state index contributed by atoms with van der Waals surface area (Å²) in [5.41, 5.74) is 1.12. The second-order valence-corrected chi connectivity index (χ2v) is 12.6. The molecule has 2 fully saturated rings. The van der Waals surface area contributed by atoms with Crippen LogP contribution in [0.4, 0.5) is 18.9 Å². The zero-order valence-electron chi connectivity index (χ0n) is 25.7. The van der Waals surface area contributed by atoms with Gasteiger partial charge in [-0.15, -0.1) is 0 Å². The van der Waals surface area contributed by atoms with Crippen LogP contribution in [0.1, 0.15) is 76.2 Å². The number of carbonyl (C=O) groups is 3. The molecule has 2 aromatic carbocycles. The Bertz CT molecular complexity index is 1380. The monoisotopic (exact) mass is 639 g/mol. The van der Waals surface area contributed by atoms with Gasteiger partial charge in [0.05, 0.1) is 5.69 Å². The maximum Gasteiger partial charge on any atom is 0.389 e. The fourth-order valence-corrected chi connectivity index (χ4v) is 6.97. The van der Waals surface area contributed by atoms with Crippen molar-refractivity contribution in [3.63, 3.8) is 0 Å². The van der Waals surface area contributed by atoms with E-state index in [4.69, 9.17) is 9.47 Å². The second kappa shape index (κ2) is 15.1. The summed E-state index contributed by atoms with van der Waals surface area (Å²) in [5.74, 6) is 1.06. The summed E-state index contributed by atoms with van der Waals surface area (Å²) in [5, 5.41) is 10.8. The normalized spacial score (nSPS) is 24.4. The van der Waals surface area contributed by atoms with Crippen molar-refractivity contribution in [2.24, 2.45) is 23.7 Å². The van der Waals surface area contributed by atoms with E-state index in [-0.39, 0.29) is 18.1 Å². The van der Waals surface area contributed by atoms with Gasteiger partial charge in [0.15, 0.2) is 6.29 Å². The number of rotatable bonds is 11. The predicted octanol–water partition coefficient (Wildman–Crippen LogP) is 7.78. The lowest BCUT2D eigenvalue weighted by molar-refractivity contribution is -0.136. The lowest BCUT2D eigenvalue weighted by atomic mass is 9.68. The van der Waals surface area contributed by atoms with Gasteiger partial charge in [-0.2, -0.15) is 13.2 Å². The first kappa shape index (κ1) is 33.4. The predicted molar refractivity (Wildman–Crippen MR) is 167 cm³/mol. The van der Waals surface area contributed by atoms with Crippen LogP contribution < -0.4 is 14.4 Å². The van der Waals surface area contributed by atoms with Crippen LogP contribution in [0, 0.1) is 23.7 Å². The van der Waals surface area contributed by atoms with Gasteiger partial charge in [-0.05, 0) is 111 Å². The number of hydrogen-bond acceptors (Lipinski definition) is 6. The van der Waals surface area contributed by atoms with Crippen LogP contribution in [0.2, 0.25) is 0 Å². The minimum absolute atomic E-state index is 0.0476. The summed E-state index contributed by atoms with van der Waals surface area (Å²) < 4.78 is 48.5. The number of amides is 2. The molecule has 246 valence electrons. The number of nitrogens with zero attached hydrogens (tertiary/aromatic N) is 1. The number of imide groups is 1. The fourth-order valence-electron chi connectivity index (χ4n) is 6.97. The number of ether oxygens (including phenoxy) is 2. The molecule has 1 aliphatic heterocycles. The summed E-state index contributed by atoms with van der Waals surface area (Å²) >= 11 is 0. The number of benzene rings is 2. The van der Waals surface area contributed by atoms with Gasteiger partial charge in [-0.25, -0.2) is 9.69 Å². The third-order valence-electron chi connectivity index (χ3n) is 9.52. The zero-order chi connectivity index (χ0) is 32.7. The Morgan fingerprint density at radius 1 is 0.848 bits per heavy atom. The smallest absolute Gasteiger partial charge is 0.389 e. The van der Waals surface area contributed by atoms with Crippen molar-refractivity contribution in [2.45, 2.75) is 83.1 Å². The molecule has 0 bridgehead atoms. The number of esters is 1. The third kappa shape index (κ3) is 9.31. The highest BCUT2D eigenvalue weighted by Gasteiger charge is 2.34. The average molecular weight is 640 g/mol. The summed E-state index contributed by atoms with van der Waals surface area (Å²) in [6.45, 7) is 0. The molecular weight excluding hydrogens is 599 g/mol. The van der Waals surface area contributed by atoms with Gasteiger partial charge in [0.25, 0.3) is 11.8 Å². The molecule has 2 aliphatic carbocycles. The van der Waals surface area contributed by atoms with Crippen molar-refractivity contribution in [3.8, 4) is 11.5 Å². The van der Waals surface area contributed by atoms with Crippen LogP contribution in [0.3, 0.4) is 0 Å². The highest BCUT2D eigenvalue weighted by molar-refractivity contribution is 6.28. The molecule has 1 unspecified atom stereocenters. The molecule has 1 N–H and O–H groups in total. The summed E-state index contributed by atoms with van der Waals surface area (Å²) in [6.07, 6.45) is 8.64. The van der Waals surface area contributed by atoms with Gasteiger partial charge in [-0.1, -0.05) is 31.4 Å². The maximum atomic E-state index is 12.4. The number of halogens is 3. The molecule has 5 rings (SSSR count). The molecule has 7 nitrogen and oxygen atoms in total. The van der Waals surface area contributed by atoms with Crippen molar-refractivity contribution in [2.75, 3.05) is 4.90 Å². The number of anilines is 1. The minimum Gasteiger partial charge on any atom is -0.465 e. The van der Waals surface area contributed by atoms with Crippen molar-refractivity contribution in [3.05, 3.63) is 72.3 Å². The first-order chi connectivity index (χ1) is 22.0. The maximum absolute atomic E-state index is 12.4. The summed E-state index contributed by atoms with van der Waals surface area (Å²) in [4.78, 5) is 36.9. The van der Waals surface area contributed by atoms with Gasteiger partial charge in [0.2, 0.25) is 0 Å². The Morgan fingerprint density at radius 3 is 2.00 bits per heavy atom. The molecule has 2 aromatic rings. The van der Waals surface area contributed by atoms with Gasteiger partial charge in [-0.3, -0.25) is 9.59 Å². The van der Waals surface area contributed by atoms with E-state index in [9.17, 15) is 32.7 Å². The molecule has 0 saturated heterocycles. The van der Waals surface area contributed by atoms with Crippen LogP contribution in [0.25, 0.3) is 6.08 Å². The fraction of sp³-hybridized carbons (Fsp3) is 0.472. The van der Waals surface area contributed by atoms with Gasteiger partial charge in [0.1, 0.15) is 11.5 Å². The SMILES string of the molecule is O=C(/C=C/c1ccc(OC(O)C2CCC(C3CCC(CCCC(F)(F)F)CC3)CC2)cc1)Oc1ccc(N2C(=O)C=CC2=O)cc1. The number of alkyl halides is 3. The van der Waals surface area contributed by atoms with Gasteiger partial charge in [0, 0.05) is 30.6 Å². The lowest BCUT2D eigenvalue weighted by Gasteiger charge is -2.38. The van der Waals surface area contributed by atoms with Gasteiger partial charge >= 0.3 is 12.1 Å². The highest BCUT2D eigenvalue weighted by atomic mass is 19.4. The van der Waals surface area contributed by atoms with E-state index in [2.05, 4.69) is 0 Å². The number of aliphatic hydroxyl groups excluding tert-OH is 1. The first-order valence-electron chi connectivity index (χ1n) is 16.1. The van der Waals surface area contributed by atoms with E-state index in [1.54, 1.807) is 30.3 Å². The van der Waals surface area contributed by atoms with E-state index in [1.165, 1.54) is 42.5 Å². The van der Waals surface area contributed by atoms with E-state index in [0.717, 1.165) is 61.8 Å². The van der Waals surface area contributed by atoms with Crippen LogP contribution in [0.15, 0.2) is 66.8 Å². The second-order valence-electron chi connectivity index (χ2n) is 12.6. The summed E-state index contributed by atoms with van der Waals surface area (Å²) in [7, 11) is 0. The van der Waals surface area contributed by atoms with Crippen molar-refractivity contribution >= 4 is 29.5 Å². The van der Waals surface area contributed by atoms with Crippen LogP contribution in [0.5, 0.6) is 11.5 Å². The molecule has 3 aliphatic rings. The van der Waals surface area contributed by atoms with Crippen molar-refractivity contribution in [1.29, 1.82) is 0 Å². The Hall–Kier alpha value is -3.92. The van der Waals surface area contributed by atoms with Crippen LogP contribution >= 0.6 is 0 Å². The molecule has 0 aromatic heterocycles. The molecule has 10 heteroatoms. The average Bonchev–Trinajstić information content (AvgIpc) is 3.38. The zero-order valence-corrected chi connectivity index (χ0v) is 25.7. The molecular formula is C36H40F3NO6. The Balaban J connectivity index is 1.00. The van der Waals surface area contributed by atoms with E-state index in [1.807, 2.05) is 0 Å². The molecule has 0 radical (unpaired) electrons. The molecule has 1 heterocycles. The minimum atomic E-state index is -4.05. The topological polar surface area (TPSA) is 93.1 Å². The lowest BCUT2D eigenvalue weighted by Crippen LogP contribution is -2.33. The summed E-state index contributed by atoms with van der Waals surface area (Å²) in [6, 6.07) is 13.1. The van der Waals surface area contributed by atoms with E-state index in [0.29, 0.717) is 35.6 Å². The Labute approximate surface area is 267 Å². The molecule has 0 spiro atoms. The standard InChI is InChI=1S/C36H40F3NO6/c37-36(38,39)23-1-2-24-3-8-26(9-4-24)27-10-12-28(13-11-27)35(44)46-31-16-5-25(6-17-31)7-22-34(43)45-30-18-14-29(15-19-30)40-32(41)20-21-33(40)42/h5-7,14-22,24,26-28,35,44H,1-4,8-13,23H2/b22-7+. The van der Waals surface area contributed by atoms with Crippen molar-refractivity contribution in [1.82, 2.24) is 0 Å². The third-order valence-corrected chi connectivity index (χ3v) is 9.52. The Kier molecular flexibility index (Phi) is 11.0. The van der Waals surface area contributed by atoms with E-state index < -0.39 is 36.7 Å². The number of aliphatic hydroxyl groups is 1. The molecule has 1 atom stereocenters. The van der Waals surface area contributed by atoms with E-state index >= 15 is 0 Å². The first-order valence-corrected chi connectivity index (χ1v) is 16.1. The number of carbonyl (C=O) groups excluding carboxylic acids is 3. The van der Waals surface area contributed by atoms with Crippen molar-refractivity contribution < 1.29 is 42.1 Å². The number of hydrogen-bond donors (Lipinski definition) is 1. The van der Waals surface area contributed by atoms with Gasteiger partial charge < -0.3 is 14.6 Å². The largest absolute Gasteiger partial charge is 0.465 e. The highest BCUT2D eigenvalue weighted by Crippen LogP contribution is 2.43. The molecule has 2 amide bonds. The molecule has 46 heavy (non-hydrogen) atoms. The van der Waals surface area contributed by atoms with Crippen LogP contribution in [-0.4, -0.2) is 35.4 Å². The Morgan fingerprint density at radius 2 is 1.41 bits per heavy atom. The van der Waals surface area contributed by atoms with Crippen LogP contribution in [-0.2, 0) is 14.4 Å². The molecule has 2 saturated carbocycles. The quantitative estimate of drug-likeness (QED) is 0.0888.